The van der Waals surface area contributed by atoms with E-state index in [-0.39, 0.29) is 5.91 Å². The zero-order chi connectivity index (χ0) is 8.55. The van der Waals surface area contributed by atoms with E-state index in [1.165, 1.54) is 11.0 Å². The number of hydrogen-bond acceptors (Lipinski definition) is 4. The van der Waals surface area contributed by atoms with Crippen LogP contribution in [0.25, 0.3) is 0 Å². The fourth-order valence-electron chi connectivity index (χ4n) is 1.01. The maximum atomic E-state index is 11.1. The highest BCUT2D eigenvalue weighted by Gasteiger charge is 2.13. The van der Waals surface area contributed by atoms with Gasteiger partial charge >= 0.3 is 0 Å². The summed E-state index contributed by atoms with van der Waals surface area (Å²) >= 11 is 0. The van der Waals surface area contributed by atoms with Crippen LogP contribution in [-0.2, 0) is 4.79 Å². The van der Waals surface area contributed by atoms with Crippen molar-refractivity contribution in [1.29, 1.82) is 0 Å². The first-order chi connectivity index (χ1) is 5.75. The van der Waals surface area contributed by atoms with Gasteiger partial charge in [-0.3, -0.25) is 10.1 Å². The van der Waals surface area contributed by atoms with Crippen molar-refractivity contribution >= 4 is 17.6 Å². The lowest BCUT2D eigenvalue weighted by atomic mass is 10.3. The fourth-order valence-corrected chi connectivity index (χ4v) is 1.01. The third-order valence-electron chi connectivity index (χ3n) is 1.48. The van der Waals surface area contributed by atoms with Crippen LogP contribution in [0.3, 0.4) is 0 Å². The lowest BCUT2D eigenvalue weighted by Gasteiger charge is -1.95. The summed E-state index contributed by atoms with van der Waals surface area (Å²) in [6, 6.07) is 0. The van der Waals surface area contributed by atoms with Gasteiger partial charge in [-0.15, -0.1) is 10.2 Å². The molecule has 1 aromatic rings. The number of aromatic nitrogens is 3. The van der Waals surface area contributed by atoms with Crippen molar-refractivity contribution in [3.8, 4) is 0 Å². The molecule has 0 aliphatic carbocycles. The van der Waals surface area contributed by atoms with Gasteiger partial charge in [0.25, 0.3) is 5.95 Å². The molecule has 1 N–H and O–H groups in total. The SMILES string of the molecule is CC1=Nn2cnnc2NC(=O)C1. The molecule has 2 rings (SSSR count). The Kier molecular flexibility index (Phi) is 1.39. The molecule has 6 nitrogen and oxygen atoms in total. The van der Waals surface area contributed by atoms with Crippen LogP contribution in [0.5, 0.6) is 0 Å². The minimum absolute atomic E-state index is 0.108. The van der Waals surface area contributed by atoms with Gasteiger partial charge in [0.1, 0.15) is 6.33 Å². The van der Waals surface area contributed by atoms with Crippen molar-refractivity contribution in [3.05, 3.63) is 6.33 Å². The standard InChI is InChI=1S/C6H7N5O/c1-4-2-5(12)8-6-9-7-3-11(6)10-4/h3H,2H2,1H3,(H,8,9,12). The van der Waals surface area contributed by atoms with Gasteiger partial charge in [0.05, 0.1) is 6.42 Å². The molecule has 1 aromatic heterocycles. The highest BCUT2D eigenvalue weighted by atomic mass is 16.1. The van der Waals surface area contributed by atoms with E-state index in [0.717, 1.165) is 5.71 Å². The molecule has 0 unspecified atom stereocenters. The lowest BCUT2D eigenvalue weighted by molar-refractivity contribution is -0.115. The predicted octanol–water partition coefficient (Wildman–Crippen LogP) is -0.156. The molecule has 1 amide bonds. The van der Waals surface area contributed by atoms with E-state index in [0.29, 0.717) is 12.4 Å². The smallest absolute Gasteiger partial charge is 0.252 e. The molecular weight excluding hydrogens is 158 g/mol. The molecule has 2 heterocycles. The Labute approximate surface area is 68.3 Å². The Hall–Kier alpha value is -1.72. The van der Waals surface area contributed by atoms with Gasteiger partial charge in [0.2, 0.25) is 5.91 Å². The topological polar surface area (TPSA) is 72.2 Å². The molecule has 12 heavy (non-hydrogen) atoms. The van der Waals surface area contributed by atoms with E-state index in [2.05, 4.69) is 20.6 Å². The van der Waals surface area contributed by atoms with Crippen LogP contribution in [-0.4, -0.2) is 26.5 Å². The highest BCUT2D eigenvalue weighted by Crippen LogP contribution is 2.07. The molecule has 0 radical (unpaired) electrons. The zero-order valence-corrected chi connectivity index (χ0v) is 6.48. The number of fused-ring (bicyclic) bond motifs is 1. The van der Waals surface area contributed by atoms with E-state index in [1.54, 1.807) is 6.92 Å². The van der Waals surface area contributed by atoms with Crippen LogP contribution in [0.15, 0.2) is 11.4 Å². The first-order valence-corrected chi connectivity index (χ1v) is 3.50. The summed E-state index contributed by atoms with van der Waals surface area (Å²) in [6.07, 6.45) is 1.76. The molecule has 62 valence electrons. The van der Waals surface area contributed by atoms with Crippen LogP contribution in [0, 0.1) is 0 Å². The quantitative estimate of drug-likeness (QED) is 0.580. The molecule has 0 spiro atoms. The average molecular weight is 165 g/mol. The third-order valence-corrected chi connectivity index (χ3v) is 1.48. The van der Waals surface area contributed by atoms with E-state index >= 15 is 0 Å². The number of amides is 1. The highest BCUT2D eigenvalue weighted by molar-refractivity contribution is 6.05. The van der Waals surface area contributed by atoms with Crippen LogP contribution in [0.2, 0.25) is 0 Å². The van der Waals surface area contributed by atoms with Crippen molar-refractivity contribution in [3.63, 3.8) is 0 Å². The Morgan fingerprint density at radius 3 is 3.33 bits per heavy atom. The summed E-state index contributed by atoms with van der Waals surface area (Å²) in [6.45, 7) is 1.79. The first kappa shape index (κ1) is 6.96. The number of carbonyl (C=O) groups is 1. The first-order valence-electron chi connectivity index (χ1n) is 3.50. The van der Waals surface area contributed by atoms with Crippen molar-refractivity contribution in [2.24, 2.45) is 5.10 Å². The molecule has 6 heteroatoms. The number of nitrogens with zero attached hydrogens (tertiary/aromatic N) is 4. The van der Waals surface area contributed by atoms with Crippen molar-refractivity contribution in [2.75, 3.05) is 5.32 Å². The number of nitrogens with one attached hydrogen (secondary N) is 1. The Morgan fingerprint density at radius 2 is 2.50 bits per heavy atom. The molecule has 0 aromatic carbocycles. The monoisotopic (exact) mass is 165 g/mol. The molecule has 0 fully saturated rings. The summed E-state index contributed by atoms with van der Waals surface area (Å²) < 4.78 is 1.44. The Balaban J connectivity index is 2.48. The zero-order valence-electron chi connectivity index (χ0n) is 6.48. The molecule has 0 saturated heterocycles. The summed E-state index contributed by atoms with van der Waals surface area (Å²) in [7, 11) is 0. The number of rotatable bonds is 0. The van der Waals surface area contributed by atoms with Gasteiger partial charge in [0.15, 0.2) is 0 Å². The van der Waals surface area contributed by atoms with Crippen molar-refractivity contribution in [1.82, 2.24) is 14.9 Å². The van der Waals surface area contributed by atoms with Gasteiger partial charge < -0.3 is 0 Å². The molecule has 1 aliphatic heterocycles. The van der Waals surface area contributed by atoms with Gasteiger partial charge in [-0.2, -0.15) is 9.78 Å². The second-order valence-corrected chi connectivity index (χ2v) is 2.56. The van der Waals surface area contributed by atoms with Crippen LogP contribution < -0.4 is 5.32 Å². The molecule has 0 bridgehead atoms. The Morgan fingerprint density at radius 1 is 1.67 bits per heavy atom. The summed E-state index contributed by atoms with van der Waals surface area (Å²) in [5.41, 5.74) is 0.742. The van der Waals surface area contributed by atoms with Gasteiger partial charge in [-0.05, 0) is 6.92 Å². The van der Waals surface area contributed by atoms with Crippen LogP contribution >= 0.6 is 0 Å². The van der Waals surface area contributed by atoms with Gasteiger partial charge in [-0.1, -0.05) is 0 Å². The largest absolute Gasteiger partial charge is 0.293 e. The van der Waals surface area contributed by atoms with Crippen LogP contribution in [0.4, 0.5) is 5.95 Å². The van der Waals surface area contributed by atoms with Gasteiger partial charge in [-0.25, -0.2) is 0 Å². The van der Waals surface area contributed by atoms with Gasteiger partial charge in [0, 0.05) is 5.71 Å². The van der Waals surface area contributed by atoms with Crippen molar-refractivity contribution in [2.45, 2.75) is 13.3 Å². The Bertz CT molecular complexity index is 353. The third kappa shape index (κ3) is 1.07. The van der Waals surface area contributed by atoms with Crippen molar-refractivity contribution < 1.29 is 4.79 Å². The molecule has 0 saturated carbocycles. The minimum Gasteiger partial charge on any atom is -0.293 e. The molecule has 0 atom stereocenters. The maximum Gasteiger partial charge on any atom is 0.252 e. The van der Waals surface area contributed by atoms with Crippen LogP contribution in [0.1, 0.15) is 13.3 Å². The molecule has 1 aliphatic rings. The second kappa shape index (κ2) is 2.40. The minimum atomic E-state index is -0.108. The summed E-state index contributed by atoms with van der Waals surface area (Å²) in [5.74, 6) is 0.264. The van der Waals surface area contributed by atoms with E-state index < -0.39 is 0 Å². The normalized spacial score (nSPS) is 16.1. The van der Waals surface area contributed by atoms with E-state index in [9.17, 15) is 4.79 Å². The summed E-state index contributed by atoms with van der Waals surface area (Å²) in [5, 5.41) is 13.9. The fraction of sp³-hybridized carbons (Fsp3) is 0.333. The van der Waals surface area contributed by atoms with E-state index in [1.807, 2.05) is 0 Å². The second-order valence-electron chi connectivity index (χ2n) is 2.56. The lowest BCUT2D eigenvalue weighted by Crippen LogP contribution is -2.13. The van der Waals surface area contributed by atoms with E-state index in [4.69, 9.17) is 0 Å². The maximum absolute atomic E-state index is 11.1. The number of carbonyl (C=O) groups excluding carboxylic acids is 1. The molecular formula is C6H7N5O. The predicted molar refractivity (Wildman–Crippen MR) is 41.8 cm³/mol. The summed E-state index contributed by atoms with van der Waals surface area (Å²) in [4.78, 5) is 11.1. The number of anilines is 1. The average Bonchev–Trinajstić information content (AvgIpc) is 2.31. The number of hydrogen-bond donors (Lipinski definition) is 1.